The van der Waals surface area contributed by atoms with Crippen molar-refractivity contribution in [3.8, 4) is 21.7 Å². The van der Waals surface area contributed by atoms with Crippen LogP contribution in [-0.2, 0) is 4.74 Å². The molecule has 1 fully saturated rings. The molecule has 1 aliphatic heterocycles. The third-order valence-electron chi connectivity index (χ3n) is 5.22. The van der Waals surface area contributed by atoms with E-state index in [0.717, 1.165) is 29.1 Å². The van der Waals surface area contributed by atoms with Gasteiger partial charge in [0.15, 0.2) is 0 Å². The Hall–Kier alpha value is -2.66. The Morgan fingerprint density at radius 1 is 0.967 bits per heavy atom. The van der Waals surface area contributed by atoms with Gasteiger partial charge in [0.05, 0.1) is 15.6 Å². The second kappa shape index (κ2) is 8.60. The molecule has 156 valence electrons. The first kappa shape index (κ1) is 20.6. The predicted molar refractivity (Wildman–Crippen MR) is 123 cm³/mol. The minimum absolute atomic E-state index is 0.213. The Balaban J connectivity index is 1.56. The van der Waals surface area contributed by atoms with Gasteiger partial charge in [0.2, 0.25) is 0 Å². The SMILES string of the molecule is CC(C)(C)OC(=O)N1CCC(c2nc(-c3ccccc3)c(-c3ccccc3)s2)CC1. The molecule has 2 aromatic carbocycles. The van der Waals surface area contributed by atoms with E-state index in [9.17, 15) is 4.79 Å². The van der Waals surface area contributed by atoms with Gasteiger partial charge in [-0.25, -0.2) is 9.78 Å². The number of carbonyl (C=O) groups excluding carboxylic acids is 1. The van der Waals surface area contributed by atoms with Gasteiger partial charge >= 0.3 is 6.09 Å². The molecule has 0 unspecified atom stereocenters. The van der Waals surface area contributed by atoms with Gasteiger partial charge in [-0.1, -0.05) is 60.7 Å². The molecule has 1 amide bonds. The number of likely N-dealkylation sites (tertiary alicyclic amines) is 1. The summed E-state index contributed by atoms with van der Waals surface area (Å²) >= 11 is 1.79. The molecular weight excluding hydrogens is 392 g/mol. The molecule has 0 aliphatic carbocycles. The highest BCUT2D eigenvalue weighted by Crippen LogP contribution is 2.41. The summed E-state index contributed by atoms with van der Waals surface area (Å²) in [5, 5.41) is 1.16. The van der Waals surface area contributed by atoms with Crippen LogP contribution in [0.25, 0.3) is 21.7 Å². The average molecular weight is 421 g/mol. The number of piperidine rings is 1. The minimum atomic E-state index is -0.460. The number of ether oxygens (including phenoxy) is 1. The van der Waals surface area contributed by atoms with Crippen LogP contribution in [0, 0.1) is 0 Å². The summed E-state index contributed by atoms with van der Waals surface area (Å²) in [5.41, 5.74) is 2.94. The highest BCUT2D eigenvalue weighted by molar-refractivity contribution is 7.15. The van der Waals surface area contributed by atoms with Gasteiger partial charge in [0.25, 0.3) is 0 Å². The molecule has 0 saturated carbocycles. The molecule has 0 radical (unpaired) electrons. The van der Waals surface area contributed by atoms with Crippen LogP contribution in [-0.4, -0.2) is 34.7 Å². The molecule has 5 heteroatoms. The lowest BCUT2D eigenvalue weighted by Gasteiger charge is -2.32. The Morgan fingerprint density at radius 3 is 2.10 bits per heavy atom. The van der Waals surface area contributed by atoms with E-state index in [1.165, 1.54) is 10.4 Å². The van der Waals surface area contributed by atoms with E-state index in [-0.39, 0.29) is 6.09 Å². The van der Waals surface area contributed by atoms with Crippen LogP contribution in [0.15, 0.2) is 60.7 Å². The van der Waals surface area contributed by atoms with Gasteiger partial charge in [-0.2, -0.15) is 0 Å². The van der Waals surface area contributed by atoms with Crippen molar-refractivity contribution in [2.45, 2.75) is 45.1 Å². The average Bonchev–Trinajstić information content (AvgIpc) is 3.19. The van der Waals surface area contributed by atoms with E-state index < -0.39 is 5.60 Å². The number of carbonyl (C=O) groups is 1. The fraction of sp³-hybridized carbons (Fsp3) is 0.360. The topological polar surface area (TPSA) is 42.4 Å². The monoisotopic (exact) mass is 420 g/mol. The Morgan fingerprint density at radius 2 is 1.53 bits per heavy atom. The van der Waals surface area contributed by atoms with E-state index in [0.29, 0.717) is 19.0 Å². The molecule has 4 nitrogen and oxygen atoms in total. The van der Waals surface area contributed by atoms with Crippen LogP contribution in [0.4, 0.5) is 4.79 Å². The lowest BCUT2D eigenvalue weighted by atomic mass is 9.97. The van der Waals surface area contributed by atoms with Crippen LogP contribution >= 0.6 is 11.3 Å². The van der Waals surface area contributed by atoms with Gasteiger partial charge in [-0.05, 0) is 39.2 Å². The molecule has 1 aromatic heterocycles. The molecule has 0 bridgehead atoms. The molecule has 1 aliphatic rings. The van der Waals surface area contributed by atoms with Crippen LogP contribution < -0.4 is 0 Å². The number of rotatable bonds is 3. The first-order valence-electron chi connectivity index (χ1n) is 10.5. The zero-order valence-electron chi connectivity index (χ0n) is 17.8. The van der Waals surface area contributed by atoms with E-state index in [4.69, 9.17) is 9.72 Å². The summed E-state index contributed by atoms with van der Waals surface area (Å²) in [6.45, 7) is 7.14. The molecule has 4 rings (SSSR count). The maximum absolute atomic E-state index is 12.4. The largest absolute Gasteiger partial charge is 0.444 e. The second-order valence-corrected chi connectivity index (χ2v) is 9.73. The number of nitrogens with zero attached hydrogens (tertiary/aromatic N) is 2. The molecule has 0 atom stereocenters. The zero-order valence-corrected chi connectivity index (χ0v) is 18.6. The molecule has 0 spiro atoms. The predicted octanol–water partition coefficient (Wildman–Crippen LogP) is 6.59. The fourth-order valence-corrected chi connectivity index (χ4v) is 4.99. The highest BCUT2D eigenvalue weighted by Gasteiger charge is 2.29. The second-order valence-electron chi connectivity index (χ2n) is 8.70. The smallest absolute Gasteiger partial charge is 0.410 e. The molecule has 1 saturated heterocycles. The lowest BCUT2D eigenvalue weighted by molar-refractivity contribution is 0.0205. The third-order valence-corrected chi connectivity index (χ3v) is 6.49. The van der Waals surface area contributed by atoms with E-state index in [1.54, 1.807) is 11.3 Å². The quantitative estimate of drug-likeness (QED) is 0.480. The van der Waals surface area contributed by atoms with Crippen LogP contribution in [0.3, 0.4) is 0 Å². The summed E-state index contributed by atoms with van der Waals surface area (Å²) in [4.78, 5) is 20.5. The first-order valence-corrected chi connectivity index (χ1v) is 11.3. The van der Waals surface area contributed by atoms with E-state index in [1.807, 2.05) is 37.8 Å². The van der Waals surface area contributed by atoms with Crippen molar-refractivity contribution in [2.24, 2.45) is 0 Å². The number of benzene rings is 2. The highest BCUT2D eigenvalue weighted by atomic mass is 32.1. The molecule has 3 aromatic rings. The number of hydrogen-bond donors (Lipinski definition) is 0. The van der Waals surface area contributed by atoms with Crippen molar-refractivity contribution in [3.05, 3.63) is 65.7 Å². The summed E-state index contributed by atoms with van der Waals surface area (Å²) in [5.74, 6) is 0.369. The normalized spacial score (nSPS) is 15.2. The fourth-order valence-electron chi connectivity index (χ4n) is 3.72. The molecule has 0 N–H and O–H groups in total. The lowest BCUT2D eigenvalue weighted by Crippen LogP contribution is -2.41. The summed E-state index contributed by atoms with van der Waals surface area (Å²) in [6.07, 6.45) is 1.61. The maximum Gasteiger partial charge on any atom is 0.410 e. The summed E-state index contributed by atoms with van der Waals surface area (Å²) < 4.78 is 5.53. The van der Waals surface area contributed by atoms with Gasteiger partial charge in [0.1, 0.15) is 5.60 Å². The van der Waals surface area contributed by atoms with Crippen LogP contribution in [0.2, 0.25) is 0 Å². The summed E-state index contributed by atoms with van der Waals surface area (Å²) in [6, 6.07) is 20.9. The Bertz CT molecular complexity index is 928. The minimum Gasteiger partial charge on any atom is -0.444 e. The molecule has 2 heterocycles. The van der Waals surface area contributed by atoms with E-state index in [2.05, 4.69) is 48.5 Å². The van der Waals surface area contributed by atoms with Gasteiger partial charge < -0.3 is 9.64 Å². The number of hydrogen-bond acceptors (Lipinski definition) is 4. The number of thiazole rings is 1. The Kier molecular flexibility index (Phi) is 5.91. The van der Waals surface area contributed by atoms with Gasteiger partial charge in [-0.3, -0.25) is 0 Å². The third kappa shape index (κ3) is 4.73. The number of amides is 1. The first-order chi connectivity index (χ1) is 14.4. The van der Waals surface area contributed by atoms with Crippen LogP contribution in [0.5, 0.6) is 0 Å². The van der Waals surface area contributed by atoms with Crippen molar-refractivity contribution in [1.82, 2.24) is 9.88 Å². The zero-order chi connectivity index (χ0) is 21.1. The van der Waals surface area contributed by atoms with Crippen molar-refractivity contribution < 1.29 is 9.53 Å². The van der Waals surface area contributed by atoms with Gasteiger partial charge in [0, 0.05) is 24.6 Å². The maximum atomic E-state index is 12.4. The van der Waals surface area contributed by atoms with E-state index >= 15 is 0 Å². The Labute approximate surface area is 182 Å². The van der Waals surface area contributed by atoms with Crippen molar-refractivity contribution in [2.75, 3.05) is 13.1 Å². The van der Waals surface area contributed by atoms with Crippen molar-refractivity contribution >= 4 is 17.4 Å². The van der Waals surface area contributed by atoms with Crippen molar-refractivity contribution in [1.29, 1.82) is 0 Å². The van der Waals surface area contributed by atoms with Crippen molar-refractivity contribution in [3.63, 3.8) is 0 Å². The molecule has 30 heavy (non-hydrogen) atoms. The molecular formula is C25H28N2O2S. The van der Waals surface area contributed by atoms with Gasteiger partial charge in [-0.15, -0.1) is 11.3 Å². The summed E-state index contributed by atoms with van der Waals surface area (Å²) in [7, 11) is 0. The van der Waals surface area contributed by atoms with Crippen LogP contribution in [0.1, 0.15) is 44.5 Å². The number of aromatic nitrogens is 1. The standard InChI is InChI=1S/C25H28N2O2S/c1-25(2,3)29-24(28)27-16-14-20(15-17-27)23-26-21(18-10-6-4-7-11-18)22(30-23)19-12-8-5-9-13-19/h4-13,20H,14-17H2,1-3H3.